The molecule has 0 aliphatic heterocycles. The lowest BCUT2D eigenvalue weighted by Crippen LogP contribution is -2.22. The minimum Gasteiger partial charge on any atom is -0.377 e. The molecular formula is C21H30F2N2. The zero-order chi connectivity index (χ0) is 18.9. The van der Waals surface area contributed by atoms with Crippen LogP contribution in [0.15, 0.2) is 54.9 Å². The summed E-state index contributed by atoms with van der Waals surface area (Å²) in [6.07, 6.45) is 10.9. The number of hydrogen-bond acceptors (Lipinski definition) is 2. The Balaban J connectivity index is 2.46. The maximum Gasteiger partial charge on any atom is 0.251 e. The smallest absolute Gasteiger partial charge is 0.251 e. The molecule has 1 heterocycles. The number of halogens is 2. The van der Waals surface area contributed by atoms with E-state index in [4.69, 9.17) is 0 Å². The van der Waals surface area contributed by atoms with Crippen LogP contribution >= 0.6 is 0 Å². The number of pyridine rings is 1. The van der Waals surface area contributed by atoms with Crippen LogP contribution in [0.1, 0.15) is 57.3 Å². The number of alkyl halides is 2. The van der Waals surface area contributed by atoms with Crippen molar-refractivity contribution in [2.45, 2.75) is 58.9 Å². The van der Waals surface area contributed by atoms with E-state index in [9.17, 15) is 8.78 Å². The molecule has 138 valence electrons. The molecule has 4 heteroatoms. The number of nitrogens with one attached hydrogen (secondary N) is 1. The van der Waals surface area contributed by atoms with Gasteiger partial charge < -0.3 is 5.32 Å². The average Bonchev–Trinajstić information content (AvgIpc) is 2.53. The van der Waals surface area contributed by atoms with E-state index in [1.165, 1.54) is 0 Å². The molecule has 1 rings (SSSR count). The third-order valence-electron chi connectivity index (χ3n) is 3.99. The summed E-state index contributed by atoms with van der Waals surface area (Å²) in [6.45, 7) is 10.9. The van der Waals surface area contributed by atoms with Crippen LogP contribution in [0.4, 0.5) is 8.78 Å². The highest BCUT2D eigenvalue weighted by atomic mass is 19.3. The third kappa shape index (κ3) is 8.10. The molecule has 0 aliphatic rings. The van der Waals surface area contributed by atoms with Crippen LogP contribution < -0.4 is 5.32 Å². The second-order valence-electron chi connectivity index (χ2n) is 6.57. The molecule has 1 N–H and O–H groups in total. The van der Waals surface area contributed by atoms with Gasteiger partial charge in [0, 0.05) is 17.8 Å². The Morgan fingerprint density at radius 1 is 1.36 bits per heavy atom. The third-order valence-corrected chi connectivity index (χ3v) is 3.99. The number of aryl methyl sites for hydroxylation is 1. The highest BCUT2D eigenvalue weighted by molar-refractivity contribution is 5.19. The summed E-state index contributed by atoms with van der Waals surface area (Å²) in [6, 6.07) is 4.08. The Hall–Kier alpha value is -1.97. The van der Waals surface area contributed by atoms with Crippen molar-refractivity contribution in [2.75, 3.05) is 0 Å². The van der Waals surface area contributed by atoms with Crippen molar-refractivity contribution in [3.63, 3.8) is 0 Å². The predicted molar refractivity (Wildman–Crippen MR) is 102 cm³/mol. The van der Waals surface area contributed by atoms with E-state index in [0.717, 1.165) is 30.3 Å². The van der Waals surface area contributed by atoms with Crippen molar-refractivity contribution in [1.82, 2.24) is 10.3 Å². The summed E-state index contributed by atoms with van der Waals surface area (Å²) in [5.74, 6) is -3.36. The van der Waals surface area contributed by atoms with Crippen LogP contribution in [0, 0.1) is 12.8 Å². The molecule has 0 aromatic carbocycles. The standard InChI is InChI=1S/C21H30F2N2/c1-6-10-19(21(5,22)23)12-9-7-8-11-17(3)25-18(4)20-14-13-16(2)15-24-20/h8-9,11-15,18-19,25H,3,6-7,10H2,1-2,4-5H3/b11-8+,12-9-. The minimum absolute atomic E-state index is 0.0565. The van der Waals surface area contributed by atoms with Crippen molar-refractivity contribution in [3.05, 3.63) is 66.2 Å². The van der Waals surface area contributed by atoms with Gasteiger partial charge in [0.2, 0.25) is 0 Å². The normalized spacial score (nSPS) is 14.8. The van der Waals surface area contributed by atoms with Gasteiger partial charge in [-0.15, -0.1) is 0 Å². The molecule has 1 aromatic rings. The molecule has 0 amide bonds. The molecule has 25 heavy (non-hydrogen) atoms. The van der Waals surface area contributed by atoms with E-state index in [2.05, 4.69) is 16.9 Å². The maximum atomic E-state index is 13.4. The fourth-order valence-corrected chi connectivity index (χ4v) is 2.50. The first kappa shape index (κ1) is 21.1. The Morgan fingerprint density at radius 2 is 2.08 bits per heavy atom. The molecule has 0 saturated heterocycles. The second-order valence-corrected chi connectivity index (χ2v) is 6.57. The predicted octanol–water partition coefficient (Wildman–Crippen LogP) is 6.13. The summed E-state index contributed by atoms with van der Waals surface area (Å²) in [7, 11) is 0. The first-order valence-corrected chi connectivity index (χ1v) is 8.83. The van der Waals surface area contributed by atoms with Crippen LogP contribution in [0.2, 0.25) is 0 Å². The van der Waals surface area contributed by atoms with Gasteiger partial charge in [-0.1, -0.05) is 44.2 Å². The van der Waals surface area contributed by atoms with Gasteiger partial charge in [0.1, 0.15) is 0 Å². The summed E-state index contributed by atoms with van der Waals surface area (Å²) in [5.41, 5.74) is 2.85. The van der Waals surface area contributed by atoms with E-state index >= 15 is 0 Å². The van der Waals surface area contributed by atoms with Gasteiger partial charge in [-0.2, -0.15) is 0 Å². The first-order chi connectivity index (χ1) is 11.7. The largest absolute Gasteiger partial charge is 0.377 e. The van der Waals surface area contributed by atoms with Crippen molar-refractivity contribution < 1.29 is 8.78 Å². The van der Waals surface area contributed by atoms with Crippen molar-refractivity contribution in [1.29, 1.82) is 0 Å². The number of allylic oxidation sites excluding steroid dienone is 4. The van der Waals surface area contributed by atoms with Crippen molar-refractivity contribution >= 4 is 0 Å². The SMILES string of the molecule is C=C(/C=C/C/C=C\C(CCC)C(C)(F)F)NC(C)c1ccc(C)cn1. The van der Waals surface area contributed by atoms with Gasteiger partial charge in [0.15, 0.2) is 0 Å². The van der Waals surface area contributed by atoms with Gasteiger partial charge >= 0.3 is 0 Å². The Kier molecular flexibility index (Phi) is 8.53. The van der Waals surface area contributed by atoms with Crippen LogP contribution in [0.5, 0.6) is 0 Å². The molecule has 0 fully saturated rings. The van der Waals surface area contributed by atoms with Gasteiger partial charge in [0.25, 0.3) is 5.92 Å². The fraction of sp³-hybridized carbons (Fsp3) is 0.476. The van der Waals surface area contributed by atoms with Crippen molar-refractivity contribution in [2.24, 2.45) is 5.92 Å². The maximum absolute atomic E-state index is 13.4. The molecule has 2 nitrogen and oxygen atoms in total. The molecule has 0 spiro atoms. The number of rotatable bonds is 10. The molecule has 2 atom stereocenters. The van der Waals surface area contributed by atoms with Gasteiger partial charge in [-0.05, 0) is 51.3 Å². The van der Waals surface area contributed by atoms with Crippen LogP contribution in [0.25, 0.3) is 0 Å². The highest BCUT2D eigenvalue weighted by Crippen LogP contribution is 2.28. The molecule has 0 bridgehead atoms. The molecule has 0 saturated carbocycles. The van der Waals surface area contributed by atoms with Gasteiger partial charge in [-0.25, -0.2) is 8.78 Å². The summed E-state index contributed by atoms with van der Waals surface area (Å²) in [4.78, 5) is 4.39. The summed E-state index contributed by atoms with van der Waals surface area (Å²) < 4.78 is 26.9. The second kappa shape index (κ2) is 10.1. The van der Waals surface area contributed by atoms with Crippen molar-refractivity contribution in [3.8, 4) is 0 Å². The van der Waals surface area contributed by atoms with E-state index < -0.39 is 11.8 Å². The average molecular weight is 348 g/mol. The van der Waals surface area contributed by atoms with Gasteiger partial charge in [0.05, 0.1) is 11.7 Å². The highest BCUT2D eigenvalue weighted by Gasteiger charge is 2.30. The summed E-state index contributed by atoms with van der Waals surface area (Å²) in [5, 5.41) is 3.27. The van der Waals surface area contributed by atoms with Crippen LogP contribution in [-0.2, 0) is 0 Å². The Morgan fingerprint density at radius 3 is 2.64 bits per heavy atom. The lowest BCUT2D eigenvalue weighted by molar-refractivity contribution is -0.0239. The Labute approximate surface area is 150 Å². The van der Waals surface area contributed by atoms with E-state index in [-0.39, 0.29) is 6.04 Å². The quantitative estimate of drug-likeness (QED) is 0.406. The minimum atomic E-state index is -2.67. The molecular weight excluding hydrogens is 318 g/mol. The zero-order valence-corrected chi connectivity index (χ0v) is 15.7. The molecule has 0 radical (unpaired) electrons. The van der Waals surface area contributed by atoms with Crippen LogP contribution in [-0.4, -0.2) is 10.9 Å². The summed E-state index contributed by atoms with van der Waals surface area (Å²) >= 11 is 0. The number of hydrogen-bond donors (Lipinski definition) is 1. The zero-order valence-electron chi connectivity index (χ0n) is 15.7. The molecule has 2 unspecified atom stereocenters. The van der Waals surface area contributed by atoms with E-state index in [1.807, 2.05) is 51.3 Å². The molecule has 0 aliphatic carbocycles. The number of aromatic nitrogens is 1. The lowest BCUT2D eigenvalue weighted by atomic mass is 9.96. The monoisotopic (exact) mass is 348 g/mol. The Bertz CT molecular complexity index is 583. The first-order valence-electron chi connectivity index (χ1n) is 8.83. The fourth-order valence-electron chi connectivity index (χ4n) is 2.50. The van der Waals surface area contributed by atoms with Crippen LogP contribution in [0.3, 0.4) is 0 Å². The number of nitrogens with zero attached hydrogens (tertiary/aromatic N) is 1. The van der Waals surface area contributed by atoms with Gasteiger partial charge in [-0.3, -0.25) is 4.98 Å². The lowest BCUT2D eigenvalue weighted by Gasteiger charge is -2.19. The van der Waals surface area contributed by atoms with E-state index in [0.29, 0.717) is 12.8 Å². The van der Waals surface area contributed by atoms with E-state index in [1.54, 1.807) is 12.2 Å². The topological polar surface area (TPSA) is 24.9 Å². The molecule has 1 aromatic heterocycles.